The summed E-state index contributed by atoms with van der Waals surface area (Å²) in [4.78, 5) is 31.3. The fraction of sp³-hybridized carbons (Fsp3) is 0.875. The third-order valence-corrected chi connectivity index (χ3v) is 5.24. The minimum atomic E-state index is -0.643. The minimum Gasteiger partial charge on any atom is -0.481 e. The SMILES string of the molecule is CCCCC(CC)C(=O)O.CCCCC(CC)C(=O)O.CCCCC(CC)C(=O)O.[Zn].[Zn].[Zn]. The topological polar surface area (TPSA) is 112 Å². The fourth-order valence-electron chi connectivity index (χ4n) is 2.86. The van der Waals surface area contributed by atoms with Gasteiger partial charge >= 0.3 is 17.9 Å². The monoisotopic (exact) mass is 624 g/mol. The van der Waals surface area contributed by atoms with Crippen LogP contribution in [0, 0.1) is 17.8 Å². The molecule has 9 heteroatoms. The first kappa shape index (κ1) is 46.6. The summed E-state index contributed by atoms with van der Waals surface area (Å²) >= 11 is 0. The second-order valence-electron chi connectivity index (χ2n) is 7.76. The van der Waals surface area contributed by atoms with Crippen LogP contribution < -0.4 is 0 Å². The van der Waals surface area contributed by atoms with Crippen LogP contribution in [0.1, 0.15) is 119 Å². The molecule has 0 saturated heterocycles. The van der Waals surface area contributed by atoms with Gasteiger partial charge in [-0.05, 0) is 38.5 Å². The van der Waals surface area contributed by atoms with E-state index in [9.17, 15) is 14.4 Å². The predicted molar refractivity (Wildman–Crippen MR) is 123 cm³/mol. The summed E-state index contributed by atoms with van der Waals surface area (Å²) in [5, 5.41) is 25.8. The second kappa shape index (κ2) is 34.4. The summed E-state index contributed by atoms with van der Waals surface area (Å²) in [6.07, 6.45) is 11.1. The van der Waals surface area contributed by atoms with E-state index in [2.05, 4.69) is 20.8 Å². The average molecular weight is 629 g/mol. The van der Waals surface area contributed by atoms with E-state index in [1.165, 1.54) is 0 Å². The standard InChI is InChI=1S/3C8H16O2.3Zn/c3*1-3-5-6-7(4-2)8(9)10;;;/h3*7H,3-6H2,1-2H3,(H,9,10);;;. The first-order valence-electron chi connectivity index (χ1n) is 11.8. The van der Waals surface area contributed by atoms with Gasteiger partial charge in [-0.25, -0.2) is 0 Å². The molecule has 0 spiro atoms. The van der Waals surface area contributed by atoms with Gasteiger partial charge in [0.15, 0.2) is 0 Å². The molecule has 0 aliphatic rings. The summed E-state index contributed by atoms with van der Waals surface area (Å²) in [6, 6.07) is 0. The number of carboxylic acid groups (broad SMARTS) is 3. The van der Waals surface area contributed by atoms with E-state index in [1.54, 1.807) is 0 Å². The van der Waals surface area contributed by atoms with Crippen molar-refractivity contribution in [3.8, 4) is 0 Å². The summed E-state index contributed by atoms with van der Waals surface area (Å²) in [6.45, 7) is 12.0. The van der Waals surface area contributed by atoms with Gasteiger partial charge in [0.1, 0.15) is 0 Å². The molecular formula is C24H48O6Zn3. The molecule has 0 aromatic rings. The van der Waals surface area contributed by atoms with Gasteiger partial charge in [-0.15, -0.1) is 0 Å². The molecule has 0 aromatic heterocycles. The van der Waals surface area contributed by atoms with E-state index in [-0.39, 0.29) is 76.2 Å². The minimum absolute atomic E-state index is 0. The predicted octanol–water partition coefficient (Wildman–Crippen LogP) is 6.85. The van der Waals surface area contributed by atoms with Crippen molar-refractivity contribution in [3.05, 3.63) is 0 Å². The molecule has 0 rings (SSSR count). The Morgan fingerprint density at radius 3 is 0.758 bits per heavy atom. The van der Waals surface area contributed by atoms with E-state index < -0.39 is 17.9 Å². The van der Waals surface area contributed by atoms with Crippen LogP contribution in [0.4, 0.5) is 0 Å². The van der Waals surface area contributed by atoms with Gasteiger partial charge in [0.2, 0.25) is 0 Å². The Bertz CT molecular complexity index is 375. The van der Waals surface area contributed by atoms with Crippen LogP contribution in [0.25, 0.3) is 0 Å². The molecular weight excluding hydrogens is 580 g/mol. The molecule has 186 valence electrons. The van der Waals surface area contributed by atoms with Crippen LogP contribution in [0.5, 0.6) is 0 Å². The van der Waals surface area contributed by atoms with E-state index >= 15 is 0 Å². The molecule has 0 fully saturated rings. The Morgan fingerprint density at radius 2 is 0.667 bits per heavy atom. The third-order valence-electron chi connectivity index (χ3n) is 5.24. The van der Waals surface area contributed by atoms with Gasteiger partial charge in [-0.3, -0.25) is 14.4 Å². The van der Waals surface area contributed by atoms with E-state index in [4.69, 9.17) is 15.3 Å². The smallest absolute Gasteiger partial charge is 0.306 e. The normalized spacial score (nSPS) is 11.8. The van der Waals surface area contributed by atoms with Crippen LogP contribution in [0.3, 0.4) is 0 Å². The number of carboxylic acids is 3. The first-order chi connectivity index (χ1) is 14.2. The molecule has 6 nitrogen and oxygen atoms in total. The summed E-state index contributed by atoms with van der Waals surface area (Å²) in [7, 11) is 0. The first-order valence-corrected chi connectivity index (χ1v) is 11.8. The maximum atomic E-state index is 10.4. The quantitative estimate of drug-likeness (QED) is 0.171. The van der Waals surface area contributed by atoms with Crippen molar-refractivity contribution in [1.29, 1.82) is 0 Å². The van der Waals surface area contributed by atoms with Gasteiger partial charge in [0.05, 0.1) is 17.8 Å². The fourth-order valence-corrected chi connectivity index (χ4v) is 2.86. The maximum Gasteiger partial charge on any atom is 0.306 e. The Labute approximate surface area is 241 Å². The van der Waals surface area contributed by atoms with Gasteiger partial charge < -0.3 is 15.3 Å². The number of unbranched alkanes of at least 4 members (excludes halogenated alkanes) is 3. The Hall–Kier alpha value is 0.280. The molecule has 3 unspecified atom stereocenters. The molecule has 0 bridgehead atoms. The largest absolute Gasteiger partial charge is 0.481 e. The third kappa shape index (κ3) is 32.3. The average Bonchev–Trinajstić information content (AvgIpc) is 2.70. The van der Waals surface area contributed by atoms with E-state index in [0.717, 1.165) is 77.0 Å². The van der Waals surface area contributed by atoms with E-state index in [0.29, 0.717) is 0 Å². The summed E-state index contributed by atoms with van der Waals surface area (Å²) < 4.78 is 0. The molecule has 3 N–H and O–H groups in total. The zero-order valence-electron chi connectivity index (χ0n) is 22.4. The molecule has 0 radical (unpaired) electrons. The molecule has 0 amide bonds. The van der Waals surface area contributed by atoms with Crippen LogP contribution in [-0.2, 0) is 72.8 Å². The molecule has 0 saturated carbocycles. The molecule has 0 aliphatic heterocycles. The van der Waals surface area contributed by atoms with E-state index in [1.807, 2.05) is 20.8 Å². The van der Waals surface area contributed by atoms with Gasteiger partial charge in [0.25, 0.3) is 0 Å². The van der Waals surface area contributed by atoms with Crippen molar-refractivity contribution in [2.45, 2.75) is 119 Å². The number of aliphatic carboxylic acids is 3. The van der Waals surface area contributed by atoms with Gasteiger partial charge in [0, 0.05) is 58.4 Å². The van der Waals surface area contributed by atoms with Crippen molar-refractivity contribution in [3.63, 3.8) is 0 Å². The Kier molecular flexibility index (Phi) is 48.6. The van der Waals surface area contributed by atoms with Crippen molar-refractivity contribution in [2.75, 3.05) is 0 Å². The van der Waals surface area contributed by atoms with Crippen molar-refractivity contribution in [2.24, 2.45) is 17.8 Å². The summed E-state index contributed by atoms with van der Waals surface area (Å²) in [5.41, 5.74) is 0. The zero-order chi connectivity index (χ0) is 23.9. The molecule has 0 aromatic carbocycles. The number of rotatable bonds is 15. The molecule has 0 aliphatic carbocycles. The van der Waals surface area contributed by atoms with Gasteiger partial charge in [-0.2, -0.15) is 0 Å². The summed E-state index contributed by atoms with van der Waals surface area (Å²) in [5.74, 6) is -2.26. The molecule has 33 heavy (non-hydrogen) atoms. The van der Waals surface area contributed by atoms with Crippen LogP contribution in [0.2, 0.25) is 0 Å². The number of hydrogen-bond donors (Lipinski definition) is 3. The Balaban J connectivity index is -0.0000000792. The van der Waals surface area contributed by atoms with Crippen molar-refractivity contribution < 1.29 is 88.1 Å². The number of hydrogen-bond acceptors (Lipinski definition) is 3. The Morgan fingerprint density at radius 1 is 0.485 bits per heavy atom. The van der Waals surface area contributed by atoms with Crippen molar-refractivity contribution >= 4 is 17.9 Å². The van der Waals surface area contributed by atoms with Crippen molar-refractivity contribution in [1.82, 2.24) is 0 Å². The van der Waals surface area contributed by atoms with Gasteiger partial charge in [-0.1, -0.05) is 80.1 Å². The molecule has 3 atom stereocenters. The number of carbonyl (C=O) groups is 3. The second-order valence-corrected chi connectivity index (χ2v) is 7.76. The van der Waals surface area contributed by atoms with Crippen LogP contribution in [-0.4, -0.2) is 33.2 Å². The maximum absolute atomic E-state index is 10.4. The van der Waals surface area contributed by atoms with Crippen LogP contribution >= 0.6 is 0 Å². The zero-order valence-corrected chi connectivity index (χ0v) is 31.3. The molecule has 0 heterocycles. The van der Waals surface area contributed by atoms with Crippen LogP contribution in [0.15, 0.2) is 0 Å².